The van der Waals surface area contributed by atoms with Crippen LogP contribution in [0.15, 0.2) is 89.9 Å². The Balaban J connectivity index is 1.95. The zero-order valence-electron chi connectivity index (χ0n) is 14.0. The van der Waals surface area contributed by atoms with Crippen LogP contribution in [0.2, 0.25) is 0 Å². The quantitative estimate of drug-likeness (QED) is 0.667. The molecule has 0 radical (unpaired) electrons. The molecule has 0 saturated heterocycles. The Bertz CT molecular complexity index is 935. The van der Waals surface area contributed by atoms with E-state index in [9.17, 15) is 4.79 Å². The fourth-order valence-electron chi connectivity index (χ4n) is 3.44. The van der Waals surface area contributed by atoms with E-state index in [1.165, 1.54) is 0 Å². The van der Waals surface area contributed by atoms with Gasteiger partial charge in [-0.1, -0.05) is 78.9 Å². The molecule has 4 rings (SSSR count). The molecule has 0 unspecified atom stereocenters. The van der Waals surface area contributed by atoms with Crippen molar-refractivity contribution >= 4 is 12.1 Å². The Morgan fingerprint density at radius 1 is 0.840 bits per heavy atom. The van der Waals surface area contributed by atoms with Crippen LogP contribution in [0.5, 0.6) is 0 Å². The van der Waals surface area contributed by atoms with E-state index in [1.807, 2.05) is 98.2 Å². The molecule has 0 spiro atoms. The largest absolute Gasteiger partial charge is 0.309 e. The minimum atomic E-state index is -0.842. The summed E-state index contributed by atoms with van der Waals surface area (Å²) in [5, 5.41) is 0. The topological polar surface area (TPSA) is 32.7 Å². The van der Waals surface area contributed by atoms with E-state index < -0.39 is 5.66 Å². The summed E-state index contributed by atoms with van der Waals surface area (Å²) in [4.78, 5) is 19.5. The van der Waals surface area contributed by atoms with Gasteiger partial charge in [0, 0.05) is 30.0 Å². The SMILES string of the molecule is CN1C(=O)c2ccccc2[C@]1(N=Cc1ccccc1)c1ccccc1. The molecule has 1 heterocycles. The lowest BCUT2D eigenvalue weighted by Crippen LogP contribution is -2.40. The molecule has 0 N–H and O–H groups in total. The molecular formula is C22H18N2O. The maximum absolute atomic E-state index is 12.8. The van der Waals surface area contributed by atoms with E-state index in [2.05, 4.69) is 0 Å². The molecule has 3 aromatic carbocycles. The minimum absolute atomic E-state index is 0.00957. The molecular weight excluding hydrogens is 308 g/mol. The number of hydrogen-bond acceptors (Lipinski definition) is 2. The Labute approximate surface area is 147 Å². The second-order valence-electron chi connectivity index (χ2n) is 6.12. The zero-order chi connectivity index (χ0) is 17.3. The van der Waals surface area contributed by atoms with E-state index in [1.54, 1.807) is 4.90 Å². The van der Waals surface area contributed by atoms with Crippen LogP contribution in [0, 0.1) is 0 Å². The van der Waals surface area contributed by atoms with E-state index in [0.29, 0.717) is 5.56 Å². The standard InChI is InChI=1S/C22H18N2O/c1-24-21(25)19-14-8-9-15-20(19)22(24,18-12-6-3-7-13-18)23-16-17-10-4-2-5-11-17/h2-16H,1H3/t22-/m0/s1. The highest BCUT2D eigenvalue weighted by atomic mass is 16.2. The summed E-state index contributed by atoms with van der Waals surface area (Å²) >= 11 is 0. The molecule has 0 fully saturated rings. The molecule has 0 aliphatic carbocycles. The summed E-state index contributed by atoms with van der Waals surface area (Å²) < 4.78 is 0. The van der Waals surface area contributed by atoms with Crippen LogP contribution in [0.1, 0.15) is 27.0 Å². The maximum atomic E-state index is 12.8. The lowest BCUT2D eigenvalue weighted by atomic mass is 9.91. The van der Waals surface area contributed by atoms with Crippen molar-refractivity contribution in [3.63, 3.8) is 0 Å². The van der Waals surface area contributed by atoms with Gasteiger partial charge in [0.25, 0.3) is 5.91 Å². The van der Waals surface area contributed by atoms with Crippen LogP contribution in [-0.4, -0.2) is 24.1 Å². The van der Waals surface area contributed by atoms with Gasteiger partial charge in [0.15, 0.2) is 5.66 Å². The molecule has 3 aromatic rings. The number of aliphatic imine (C=N–C) groups is 1. The number of fused-ring (bicyclic) bond motifs is 1. The first kappa shape index (κ1) is 15.3. The van der Waals surface area contributed by atoms with Gasteiger partial charge < -0.3 is 4.90 Å². The summed E-state index contributed by atoms with van der Waals surface area (Å²) in [5.41, 5.74) is 2.76. The monoisotopic (exact) mass is 326 g/mol. The molecule has 0 bridgehead atoms. The van der Waals surface area contributed by atoms with Crippen molar-refractivity contribution in [2.45, 2.75) is 5.66 Å². The van der Waals surface area contributed by atoms with Crippen LogP contribution >= 0.6 is 0 Å². The van der Waals surface area contributed by atoms with Crippen molar-refractivity contribution in [3.8, 4) is 0 Å². The first-order valence-corrected chi connectivity index (χ1v) is 8.27. The smallest absolute Gasteiger partial charge is 0.256 e. The van der Waals surface area contributed by atoms with E-state index >= 15 is 0 Å². The molecule has 122 valence electrons. The molecule has 0 aromatic heterocycles. The number of amides is 1. The van der Waals surface area contributed by atoms with Crippen LogP contribution in [0.4, 0.5) is 0 Å². The zero-order valence-corrected chi connectivity index (χ0v) is 14.0. The molecule has 1 atom stereocenters. The predicted octanol–water partition coefficient (Wildman–Crippen LogP) is 4.09. The van der Waals surface area contributed by atoms with Gasteiger partial charge in [0.1, 0.15) is 0 Å². The van der Waals surface area contributed by atoms with Crippen molar-refractivity contribution in [1.82, 2.24) is 4.90 Å². The predicted molar refractivity (Wildman–Crippen MR) is 99.8 cm³/mol. The molecule has 1 aliphatic rings. The highest BCUT2D eigenvalue weighted by molar-refractivity contribution is 6.01. The van der Waals surface area contributed by atoms with Crippen molar-refractivity contribution in [2.75, 3.05) is 7.05 Å². The van der Waals surface area contributed by atoms with Gasteiger partial charge in [-0.25, -0.2) is 0 Å². The summed E-state index contributed by atoms with van der Waals surface area (Å²) in [6.07, 6.45) is 1.85. The Hall–Kier alpha value is -3.20. The normalized spacial score (nSPS) is 19.4. The lowest BCUT2D eigenvalue weighted by Gasteiger charge is -2.33. The van der Waals surface area contributed by atoms with E-state index in [0.717, 1.165) is 16.7 Å². The number of carbonyl (C=O) groups is 1. The highest BCUT2D eigenvalue weighted by Gasteiger charge is 2.48. The fourth-order valence-corrected chi connectivity index (χ4v) is 3.44. The molecule has 1 amide bonds. The first-order chi connectivity index (χ1) is 12.2. The molecule has 3 nitrogen and oxygen atoms in total. The van der Waals surface area contributed by atoms with Crippen molar-refractivity contribution < 1.29 is 4.79 Å². The summed E-state index contributed by atoms with van der Waals surface area (Å²) in [7, 11) is 1.82. The highest BCUT2D eigenvalue weighted by Crippen LogP contribution is 2.44. The average Bonchev–Trinajstić information content (AvgIpc) is 2.90. The minimum Gasteiger partial charge on any atom is -0.309 e. The lowest BCUT2D eigenvalue weighted by molar-refractivity contribution is 0.0706. The van der Waals surface area contributed by atoms with Gasteiger partial charge in [-0.3, -0.25) is 9.79 Å². The summed E-state index contributed by atoms with van der Waals surface area (Å²) in [5.74, 6) is -0.00957. The van der Waals surface area contributed by atoms with E-state index in [4.69, 9.17) is 4.99 Å². The van der Waals surface area contributed by atoms with Gasteiger partial charge in [0.2, 0.25) is 0 Å². The Morgan fingerprint density at radius 3 is 2.16 bits per heavy atom. The van der Waals surface area contributed by atoms with Crippen LogP contribution in [-0.2, 0) is 5.66 Å². The van der Waals surface area contributed by atoms with Crippen molar-refractivity contribution in [2.24, 2.45) is 4.99 Å². The van der Waals surface area contributed by atoms with Crippen LogP contribution in [0.3, 0.4) is 0 Å². The average molecular weight is 326 g/mol. The van der Waals surface area contributed by atoms with Gasteiger partial charge >= 0.3 is 0 Å². The van der Waals surface area contributed by atoms with E-state index in [-0.39, 0.29) is 5.91 Å². The summed E-state index contributed by atoms with van der Waals surface area (Å²) in [6, 6.07) is 27.6. The second kappa shape index (κ2) is 6.02. The first-order valence-electron chi connectivity index (χ1n) is 8.27. The Morgan fingerprint density at radius 2 is 1.44 bits per heavy atom. The number of nitrogens with zero attached hydrogens (tertiary/aromatic N) is 2. The number of benzene rings is 3. The third-order valence-corrected chi connectivity index (χ3v) is 4.70. The summed E-state index contributed by atoms with van der Waals surface area (Å²) in [6.45, 7) is 0. The van der Waals surface area contributed by atoms with Crippen LogP contribution < -0.4 is 0 Å². The molecule has 0 saturated carbocycles. The van der Waals surface area contributed by atoms with Crippen molar-refractivity contribution in [1.29, 1.82) is 0 Å². The van der Waals surface area contributed by atoms with Gasteiger partial charge in [-0.2, -0.15) is 0 Å². The molecule has 1 aliphatic heterocycles. The third-order valence-electron chi connectivity index (χ3n) is 4.70. The van der Waals surface area contributed by atoms with Crippen LogP contribution in [0.25, 0.3) is 0 Å². The van der Waals surface area contributed by atoms with Gasteiger partial charge in [-0.15, -0.1) is 0 Å². The molecule has 25 heavy (non-hydrogen) atoms. The number of rotatable bonds is 3. The number of carbonyl (C=O) groups excluding carboxylic acids is 1. The molecule has 3 heteroatoms. The number of hydrogen-bond donors (Lipinski definition) is 0. The fraction of sp³-hybridized carbons (Fsp3) is 0.0909. The second-order valence-corrected chi connectivity index (χ2v) is 6.12. The Kier molecular flexibility index (Phi) is 3.69. The maximum Gasteiger partial charge on any atom is 0.256 e. The van der Waals surface area contributed by atoms with Gasteiger partial charge in [-0.05, 0) is 11.6 Å². The third kappa shape index (κ3) is 2.36. The van der Waals surface area contributed by atoms with Crippen molar-refractivity contribution in [3.05, 3.63) is 107 Å². The van der Waals surface area contributed by atoms with Gasteiger partial charge in [0.05, 0.1) is 0 Å².